The topological polar surface area (TPSA) is 96.5 Å². The molecule has 1 aliphatic heterocycles. The molecule has 208 valence electrons. The summed E-state index contributed by atoms with van der Waals surface area (Å²) in [5, 5.41) is 0. The van der Waals surface area contributed by atoms with Crippen molar-refractivity contribution in [2.24, 2.45) is 5.92 Å². The van der Waals surface area contributed by atoms with Crippen molar-refractivity contribution in [2.45, 2.75) is 39.2 Å². The van der Waals surface area contributed by atoms with E-state index in [2.05, 4.69) is 32.0 Å². The van der Waals surface area contributed by atoms with Crippen LogP contribution in [0.5, 0.6) is 11.5 Å². The van der Waals surface area contributed by atoms with Crippen LogP contribution in [-0.4, -0.2) is 75.5 Å². The maximum absolute atomic E-state index is 12.4. The van der Waals surface area contributed by atoms with Gasteiger partial charge in [0, 0.05) is 74.8 Å². The number of ether oxygens (including phenoxy) is 2. The summed E-state index contributed by atoms with van der Waals surface area (Å²) in [4.78, 5) is 34.1. The Morgan fingerprint density at radius 3 is 2.70 bits per heavy atom. The second kappa shape index (κ2) is 11.6. The van der Waals surface area contributed by atoms with Gasteiger partial charge in [-0.3, -0.25) is 19.7 Å². The predicted molar refractivity (Wildman–Crippen MR) is 153 cm³/mol. The highest BCUT2D eigenvalue weighted by Gasteiger charge is 2.28. The van der Waals surface area contributed by atoms with Gasteiger partial charge in [-0.05, 0) is 61.6 Å². The van der Waals surface area contributed by atoms with Crippen LogP contribution in [0.2, 0.25) is 0 Å². The Morgan fingerprint density at radius 1 is 1.07 bits per heavy atom. The van der Waals surface area contributed by atoms with Gasteiger partial charge in [-0.1, -0.05) is 0 Å². The van der Waals surface area contributed by atoms with Crippen molar-refractivity contribution in [3.05, 3.63) is 66.0 Å². The monoisotopic (exact) mass is 540 g/mol. The fourth-order valence-corrected chi connectivity index (χ4v) is 5.46. The van der Waals surface area contributed by atoms with Crippen LogP contribution >= 0.6 is 0 Å². The molecule has 0 bridgehead atoms. The molecule has 1 amide bonds. The summed E-state index contributed by atoms with van der Waals surface area (Å²) in [7, 11) is 1.64. The molecule has 1 saturated heterocycles. The first kappa shape index (κ1) is 26.3. The lowest BCUT2D eigenvalue weighted by Gasteiger charge is -2.35. The van der Waals surface area contributed by atoms with Crippen LogP contribution in [-0.2, 0) is 17.8 Å². The molecule has 2 aliphatic rings. The van der Waals surface area contributed by atoms with Gasteiger partial charge in [-0.25, -0.2) is 4.98 Å². The average molecular weight is 541 g/mol. The molecule has 0 radical (unpaired) electrons. The molecule has 40 heavy (non-hydrogen) atoms. The zero-order valence-electron chi connectivity index (χ0n) is 23.2. The van der Waals surface area contributed by atoms with E-state index in [9.17, 15) is 4.79 Å². The Labute approximate surface area is 234 Å². The zero-order chi connectivity index (χ0) is 27.5. The number of rotatable bonds is 10. The molecule has 1 saturated carbocycles. The molecule has 1 aliphatic carbocycles. The predicted octanol–water partition coefficient (Wildman–Crippen LogP) is 4.46. The Morgan fingerprint density at radius 2 is 1.93 bits per heavy atom. The minimum atomic E-state index is 0.332. The van der Waals surface area contributed by atoms with E-state index in [1.165, 1.54) is 18.4 Å². The molecule has 4 heterocycles. The Bertz CT molecular complexity index is 1490. The molecule has 0 atom stereocenters. The molecule has 1 aromatic carbocycles. The van der Waals surface area contributed by atoms with Gasteiger partial charge in [0.25, 0.3) is 0 Å². The number of aromatic nitrogens is 4. The minimum absolute atomic E-state index is 0.332. The molecule has 6 rings (SSSR count). The number of carbonyl (C=O) groups is 1. The number of imidazole rings is 1. The van der Waals surface area contributed by atoms with Crippen molar-refractivity contribution in [2.75, 3.05) is 39.9 Å². The van der Waals surface area contributed by atoms with Gasteiger partial charge in [-0.15, -0.1) is 0 Å². The van der Waals surface area contributed by atoms with Gasteiger partial charge in [0.1, 0.15) is 17.1 Å². The Balaban J connectivity index is 1.16. The van der Waals surface area contributed by atoms with E-state index in [1.54, 1.807) is 19.5 Å². The quantitative estimate of drug-likeness (QED) is 0.317. The van der Waals surface area contributed by atoms with Crippen molar-refractivity contribution in [1.82, 2.24) is 29.7 Å². The van der Waals surface area contributed by atoms with Crippen LogP contribution in [0, 0.1) is 5.92 Å². The van der Waals surface area contributed by atoms with E-state index < -0.39 is 0 Å². The molecule has 4 aromatic rings. The maximum atomic E-state index is 12.4. The minimum Gasteiger partial charge on any atom is -0.494 e. The number of pyridine rings is 2. The number of methoxy groups -OCH3 is 1. The van der Waals surface area contributed by atoms with Crippen LogP contribution in [0.15, 0.2) is 48.9 Å². The van der Waals surface area contributed by atoms with Crippen LogP contribution in [0.25, 0.3) is 22.2 Å². The fourth-order valence-electron chi connectivity index (χ4n) is 5.46. The number of H-pyrrole nitrogens is 1. The van der Waals surface area contributed by atoms with E-state index in [-0.39, 0.29) is 0 Å². The number of carbonyl (C=O) groups excluding carboxylic acids is 1. The standard InChI is InChI=1S/C31H36N6O3/c1-3-40-31-25(24-9-10-32-19-27(24)39-2)6-7-26-30(31)35-28(34-26)18-23-16-22(8-11-33-23)20-36-12-14-37(15-13-36)29(38)17-21-4-5-21/h6-11,16,19,21H,3-5,12-15,17-18,20H2,1-2H3,(H,34,35). The summed E-state index contributed by atoms with van der Waals surface area (Å²) >= 11 is 0. The number of hydrogen-bond acceptors (Lipinski definition) is 7. The van der Waals surface area contributed by atoms with Crippen LogP contribution in [0.4, 0.5) is 0 Å². The first-order valence-corrected chi connectivity index (χ1v) is 14.2. The number of fused-ring (bicyclic) bond motifs is 1. The van der Waals surface area contributed by atoms with Crippen LogP contribution in [0.1, 0.15) is 43.3 Å². The normalized spacial score (nSPS) is 15.9. The van der Waals surface area contributed by atoms with Gasteiger partial charge in [-0.2, -0.15) is 0 Å². The van der Waals surface area contributed by atoms with Gasteiger partial charge in [0.2, 0.25) is 5.91 Å². The Kier molecular flexibility index (Phi) is 7.64. The molecule has 0 unspecified atom stereocenters. The number of aromatic amines is 1. The summed E-state index contributed by atoms with van der Waals surface area (Å²) in [5.74, 6) is 3.22. The second-order valence-electron chi connectivity index (χ2n) is 10.7. The number of benzene rings is 1. The molecule has 3 aromatic heterocycles. The lowest BCUT2D eigenvalue weighted by Crippen LogP contribution is -2.48. The summed E-state index contributed by atoms with van der Waals surface area (Å²) in [6, 6.07) is 10.2. The van der Waals surface area contributed by atoms with Gasteiger partial charge in [0.05, 0.1) is 25.4 Å². The molecule has 1 N–H and O–H groups in total. The zero-order valence-corrected chi connectivity index (χ0v) is 23.2. The van der Waals surface area contributed by atoms with Crippen LogP contribution < -0.4 is 9.47 Å². The lowest BCUT2D eigenvalue weighted by atomic mass is 10.0. The second-order valence-corrected chi connectivity index (χ2v) is 10.7. The molecular weight excluding hydrogens is 504 g/mol. The Hall–Kier alpha value is -3.98. The number of nitrogens with one attached hydrogen (secondary N) is 1. The van der Waals surface area contributed by atoms with Crippen molar-refractivity contribution in [3.8, 4) is 22.6 Å². The SMILES string of the molecule is CCOc1c(-c2ccncc2OC)ccc2[nH]c(Cc3cc(CN4CCN(C(=O)CC5CC5)CC4)ccn3)nc12. The highest BCUT2D eigenvalue weighted by Crippen LogP contribution is 2.40. The lowest BCUT2D eigenvalue weighted by molar-refractivity contribution is -0.133. The molecule has 9 heteroatoms. The van der Waals surface area contributed by atoms with E-state index >= 15 is 0 Å². The van der Waals surface area contributed by atoms with E-state index in [1.807, 2.05) is 36.2 Å². The van der Waals surface area contributed by atoms with E-state index in [0.717, 1.165) is 78.6 Å². The molecule has 2 fully saturated rings. The van der Waals surface area contributed by atoms with E-state index in [4.69, 9.17) is 14.5 Å². The third-order valence-corrected chi connectivity index (χ3v) is 7.76. The summed E-state index contributed by atoms with van der Waals surface area (Å²) in [5.41, 5.74) is 5.72. The van der Waals surface area contributed by atoms with E-state index in [0.29, 0.717) is 30.6 Å². The molecule has 9 nitrogen and oxygen atoms in total. The summed E-state index contributed by atoms with van der Waals surface area (Å²) in [6.07, 6.45) is 9.10. The smallest absolute Gasteiger partial charge is 0.222 e. The van der Waals surface area contributed by atoms with Crippen molar-refractivity contribution >= 4 is 16.9 Å². The summed E-state index contributed by atoms with van der Waals surface area (Å²) in [6.45, 7) is 6.79. The first-order valence-electron chi connectivity index (χ1n) is 14.2. The molecule has 0 spiro atoms. The largest absolute Gasteiger partial charge is 0.494 e. The van der Waals surface area contributed by atoms with Crippen molar-refractivity contribution in [3.63, 3.8) is 0 Å². The number of piperazine rings is 1. The third kappa shape index (κ3) is 5.79. The van der Waals surface area contributed by atoms with Crippen LogP contribution in [0.3, 0.4) is 0 Å². The highest BCUT2D eigenvalue weighted by molar-refractivity contribution is 5.92. The first-order chi connectivity index (χ1) is 19.6. The number of nitrogens with zero attached hydrogens (tertiary/aromatic N) is 5. The van der Waals surface area contributed by atoms with Gasteiger partial charge >= 0.3 is 0 Å². The third-order valence-electron chi connectivity index (χ3n) is 7.76. The van der Waals surface area contributed by atoms with Gasteiger partial charge in [0.15, 0.2) is 5.75 Å². The fraction of sp³-hybridized carbons (Fsp3) is 0.419. The van der Waals surface area contributed by atoms with Gasteiger partial charge < -0.3 is 19.4 Å². The summed E-state index contributed by atoms with van der Waals surface area (Å²) < 4.78 is 11.7. The maximum Gasteiger partial charge on any atom is 0.222 e. The molecular formula is C31H36N6O3. The van der Waals surface area contributed by atoms with Crippen molar-refractivity contribution < 1.29 is 14.3 Å². The average Bonchev–Trinajstić information content (AvgIpc) is 3.70. The number of hydrogen-bond donors (Lipinski definition) is 1. The van der Waals surface area contributed by atoms with Crippen molar-refractivity contribution in [1.29, 1.82) is 0 Å². The highest BCUT2D eigenvalue weighted by atomic mass is 16.5. The number of amides is 1.